The molecule has 100 valence electrons. The molecular formula is C12H12ClN3O3. The molecule has 1 heterocycles. The van der Waals surface area contributed by atoms with Gasteiger partial charge in [0.2, 0.25) is 0 Å². The van der Waals surface area contributed by atoms with Gasteiger partial charge in [0, 0.05) is 12.2 Å². The van der Waals surface area contributed by atoms with Gasteiger partial charge in [-0.3, -0.25) is 19.8 Å². The van der Waals surface area contributed by atoms with Crippen molar-refractivity contribution in [1.82, 2.24) is 5.43 Å². The second kappa shape index (κ2) is 5.64. The van der Waals surface area contributed by atoms with Crippen LogP contribution >= 0.6 is 12.4 Å². The van der Waals surface area contributed by atoms with E-state index in [4.69, 9.17) is 5.84 Å². The Bertz CT molecular complexity index is 566. The van der Waals surface area contributed by atoms with Gasteiger partial charge < -0.3 is 0 Å². The average Bonchev–Trinajstić information content (AvgIpc) is 2.68. The second-order valence-corrected chi connectivity index (χ2v) is 3.84. The zero-order valence-corrected chi connectivity index (χ0v) is 10.9. The number of hydrazine groups is 1. The summed E-state index contributed by atoms with van der Waals surface area (Å²) in [5, 5.41) is 0. The van der Waals surface area contributed by atoms with Crippen molar-refractivity contribution >= 4 is 35.8 Å². The summed E-state index contributed by atoms with van der Waals surface area (Å²) in [4.78, 5) is 35.8. The summed E-state index contributed by atoms with van der Waals surface area (Å²) >= 11 is 0. The monoisotopic (exact) mass is 281 g/mol. The molecule has 3 N–H and O–H groups in total. The van der Waals surface area contributed by atoms with Gasteiger partial charge in [0.25, 0.3) is 17.7 Å². The molecule has 0 unspecified atom stereocenters. The summed E-state index contributed by atoms with van der Waals surface area (Å²) < 4.78 is 0. The molecule has 7 heteroatoms. The first-order valence-electron chi connectivity index (χ1n) is 5.22. The number of carbonyl (C=O) groups excluding carboxylic acids is 3. The van der Waals surface area contributed by atoms with Crippen LogP contribution in [-0.4, -0.2) is 17.7 Å². The third-order valence-electron chi connectivity index (χ3n) is 2.58. The Balaban J connectivity index is 0.00000180. The number of nitrogens with two attached hydrogens (primary N) is 1. The van der Waals surface area contributed by atoms with Crippen molar-refractivity contribution in [3.8, 4) is 0 Å². The third-order valence-corrected chi connectivity index (χ3v) is 2.58. The SMILES string of the molecule is Cc1ccc(C(=O)NN)c(N2C(=O)C=CC2=O)c1.Cl. The van der Waals surface area contributed by atoms with E-state index in [0.29, 0.717) is 0 Å². The van der Waals surface area contributed by atoms with Crippen LogP contribution in [0.3, 0.4) is 0 Å². The van der Waals surface area contributed by atoms with Crippen LogP contribution in [0, 0.1) is 6.92 Å². The first-order valence-corrected chi connectivity index (χ1v) is 5.22. The molecule has 0 fully saturated rings. The predicted octanol–water partition coefficient (Wildman–Crippen LogP) is 0.450. The first kappa shape index (κ1) is 14.9. The van der Waals surface area contributed by atoms with Crippen LogP contribution in [-0.2, 0) is 9.59 Å². The molecule has 0 atom stereocenters. The minimum absolute atomic E-state index is 0. The number of hydrogen-bond donors (Lipinski definition) is 2. The van der Waals surface area contributed by atoms with Gasteiger partial charge in [-0.2, -0.15) is 0 Å². The zero-order valence-electron chi connectivity index (χ0n) is 10.0. The molecule has 2 rings (SSSR count). The molecule has 0 saturated heterocycles. The molecule has 0 radical (unpaired) electrons. The van der Waals surface area contributed by atoms with Gasteiger partial charge in [0.05, 0.1) is 11.3 Å². The fraction of sp³-hybridized carbons (Fsp3) is 0.0833. The van der Waals surface area contributed by atoms with Crippen molar-refractivity contribution in [1.29, 1.82) is 0 Å². The van der Waals surface area contributed by atoms with E-state index < -0.39 is 17.7 Å². The van der Waals surface area contributed by atoms with Crippen LogP contribution < -0.4 is 16.2 Å². The molecule has 6 nitrogen and oxygen atoms in total. The molecule has 0 aliphatic carbocycles. The Kier molecular flexibility index (Phi) is 4.42. The molecule has 1 aromatic carbocycles. The van der Waals surface area contributed by atoms with Gasteiger partial charge >= 0.3 is 0 Å². The summed E-state index contributed by atoms with van der Waals surface area (Å²) in [6.07, 6.45) is 2.32. The molecule has 19 heavy (non-hydrogen) atoms. The Morgan fingerprint density at radius 1 is 1.21 bits per heavy atom. The highest BCUT2D eigenvalue weighted by atomic mass is 35.5. The van der Waals surface area contributed by atoms with Crippen molar-refractivity contribution in [2.45, 2.75) is 6.92 Å². The number of rotatable bonds is 2. The second-order valence-electron chi connectivity index (χ2n) is 3.84. The summed E-state index contributed by atoms with van der Waals surface area (Å²) in [5.41, 5.74) is 3.22. The number of nitrogens with zero attached hydrogens (tertiary/aromatic N) is 1. The lowest BCUT2D eigenvalue weighted by Gasteiger charge is -2.17. The molecule has 0 spiro atoms. The maximum absolute atomic E-state index is 11.6. The Morgan fingerprint density at radius 3 is 2.32 bits per heavy atom. The van der Waals surface area contributed by atoms with E-state index in [0.717, 1.165) is 22.6 Å². The molecule has 1 aliphatic heterocycles. The van der Waals surface area contributed by atoms with Crippen LogP contribution in [0.15, 0.2) is 30.4 Å². The number of hydrogen-bond acceptors (Lipinski definition) is 4. The van der Waals surface area contributed by atoms with Crippen LogP contribution in [0.1, 0.15) is 15.9 Å². The predicted molar refractivity (Wildman–Crippen MR) is 71.7 cm³/mol. The standard InChI is InChI=1S/C12H11N3O3.ClH/c1-7-2-3-8(12(18)14-13)9(6-7)15-10(16)4-5-11(15)17;/h2-6H,13H2,1H3,(H,14,18);1H. The minimum Gasteiger partial charge on any atom is -0.290 e. The number of nitrogen functional groups attached to an aromatic ring is 1. The van der Waals surface area contributed by atoms with Crippen molar-refractivity contribution in [2.75, 3.05) is 4.90 Å². The van der Waals surface area contributed by atoms with Crippen molar-refractivity contribution < 1.29 is 14.4 Å². The number of nitrogens with one attached hydrogen (secondary N) is 1. The lowest BCUT2D eigenvalue weighted by Crippen LogP contribution is -2.35. The van der Waals surface area contributed by atoms with E-state index in [-0.39, 0.29) is 23.7 Å². The van der Waals surface area contributed by atoms with E-state index >= 15 is 0 Å². The van der Waals surface area contributed by atoms with Gasteiger partial charge in [-0.15, -0.1) is 12.4 Å². The molecule has 3 amide bonds. The number of anilines is 1. The van der Waals surface area contributed by atoms with Crippen molar-refractivity contribution in [3.05, 3.63) is 41.5 Å². The Hall–Kier alpha value is -2.18. The van der Waals surface area contributed by atoms with Crippen LogP contribution in [0.5, 0.6) is 0 Å². The quantitative estimate of drug-likeness (QED) is 0.356. The van der Waals surface area contributed by atoms with Crippen LogP contribution in [0.25, 0.3) is 0 Å². The Morgan fingerprint density at radius 2 is 1.79 bits per heavy atom. The lowest BCUT2D eigenvalue weighted by atomic mass is 10.1. The van der Waals surface area contributed by atoms with Crippen molar-refractivity contribution in [3.63, 3.8) is 0 Å². The molecule has 0 bridgehead atoms. The lowest BCUT2D eigenvalue weighted by molar-refractivity contribution is -0.119. The average molecular weight is 282 g/mol. The van der Waals surface area contributed by atoms with Crippen LogP contribution in [0.2, 0.25) is 0 Å². The highest BCUT2D eigenvalue weighted by Crippen LogP contribution is 2.25. The fourth-order valence-electron chi connectivity index (χ4n) is 1.73. The molecule has 1 aromatic rings. The fourth-order valence-corrected chi connectivity index (χ4v) is 1.73. The topological polar surface area (TPSA) is 92.5 Å². The summed E-state index contributed by atoms with van der Waals surface area (Å²) in [5.74, 6) is 3.57. The summed E-state index contributed by atoms with van der Waals surface area (Å²) in [6, 6.07) is 4.81. The maximum atomic E-state index is 11.6. The highest BCUT2D eigenvalue weighted by Gasteiger charge is 2.28. The number of amides is 3. The van der Waals surface area contributed by atoms with E-state index in [1.807, 2.05) is 5.43 Å². The number of aryl methyl sites for hydroxylation is 1. The maximum Gasteiger partial charge on any atom is 0.267 e. The first-order chi connectivity index (χ1) is 8.54. The van der Waals surface area contributed by atoms with E-state index in [1.165, 1.54) is 6.07 Å². The molecule has 0 saturated carbocycles. The molecular weight excluding hydrogens is 270 g/mol. The largest absolute Gasteiger partial charge is 0.290 e. The van der Waals surface area contributed by atoms with Gasteiger partial charge in [0.1, 0.15) is 0 Å². The molecule has 1 aliphatic rings. The van der Waals surface area contributed by atoms with E-state index in [2.05, 4.69) is 0 Å². The van der Waals surface area contributed by atoms with Crippen LogP contribution in [0.4, 0.5) is 5.69 Å². The van der Waals surface area contributed by atoms with Crippen molar-refractivity contribution in [2.24, 2.45) is 5.84 Å². The van der Waals surface area contributed by atoms with Gasteiger partial charge in [-0.1, -0.05) is 6.07 Å². The van der Waals surface area contributed by atoms with E-state index in [1.54, 1.807) is 19.1 Å². The van der Waals surface area contributed by atoms with Gasteiger partial charge in [-0.05, 0) is 24.6 Å². The number of benzene rings is 1. The highest BCUT2D eigenvalue weighted by molar-refractivity contribution is 6.29. The van der Waals surface area contributed by atoms with Gasteiger partial charge in [0.15, 0.2) is 0 Å². The van der Waals surface area contributed by atoms with E-state index in [9.17, 15) is 14.4 Å². The number of carbonyl (C=O) groups is 3. The molecule has 0 aromatic heterocycles. The third kappa shape index (κ3) is 2.64. The van der Waals surface area contributed by atoms with Gasteiger partial charge in [-0.25, -0.2) is 10.7 Å². The Labute approximate surface area is 115 Å². The zero-order chi connectivity index (χ0) is 13.3. The number of imide groups is 1. The smallest absolute Gasteiger partial charge is 0.267 e. The summed E-state index contributed by atoms with van der Waals surface area (Å²) in [7, 11) is 0. The minimum atomic E-state index is -0.558. The number of halogens is 1. The normalized spacial score (nSPS) is 13.5. The summed E-state index contributed by atoms with van der Waals surface area (Å²) in [6.45, 7) is 1.80.